The Morgan fingerprint density at radius 3 is 2.46 bits per heavy atom. The number of aromatic nitrogens is 2. The first-order valence-electron chi connectivity index (χ1n) is 13.9. The molecule has 1 aromatic carbocycles. The van der Waals surface area contributed by atoms with Crippen LogP contribution in [0.2, 0.25) is 0 Å². The predicted molar refractivity (Wildman–Crippen MR) is 145 cm³/mol. The quantitative estimate of drug-likeness (QED) is 0.593. The van der Waals surface area contributed by atoms with E-state index in [9.17, 15) is 14.4 Å². The fourth-order valence-corrected chi connectivity index (χ4v) is 5.93. The third-order valence-corrected chi connectivity index (χ3v) is 7.97. The zero-order valence-electron chi connectivity index (χ0n) is 23.3. The average Bonchev–Trinajstić information content (AvgIpc) is 3.20. The van der Waals surface area contributed by atoms with Crippen molar-refractivity contribution in [1.29, 1.82) is 0 Å². The molecule has 1 atom stereocenters. The minimum absolute atomic E-state index is 0.237. The van der Waals surface area contributed by atoms with Crippen LogP contribution >= 0.6 is 0 Å². The van der Waals surface area contributed by atoms with Gasteiger partial charge in [0.1, 0.15) is 11.3 Å². The van der Waals surface area contributed by atoms with E-state index in [1.54, 1.807) is 4.90 Å². The zero-order chi connectivity index (χ0) is 27.9. The first-order valence-corrected chi connectivity index (χ1v) is 13.9. The number of aryl methyl sites for hydroxylation is 1. The summed E-state index contributed by atoms with van der Waals surface area (Å²) in [6.07, 6.45) is 1.02. The second-order valence-corrected chi connectivity index (χ2v) is 12.1. The highest BCUT2D eigenvalue weighted by Gasteiger charge is 2.39. The number of imide groups is 1. The summed E-state index contributed by atoms with van der Waals surface area (Å²) in [7, 11) is 1.88. The Labute approximate surface area is 228 Å². The van der Waals surface area contributed by atoms with Gasteiger partial charge in [0.05, 0.1) is 22.8 Å². The van der Waals surface area contributed by atoms with Gasteiger partial charge in [-0.1, -0.05) is 12.1 Å². The van der Waals surface area contributed by atoms with Gasteiger partial charge in [-0.25, -0.2) is 9.18 Å². The largest absolute Gasteiger partial charge is 0.444 e. The Bertz CT molecular complexity index is 1250. The molecule has 1 unspecified atom stereocenters. The number of alkyl halides is 1. The van der Waals surface area contributed by atoms with Gasteiger partial charge >= 0.3 is 6.09 Å². The number of para-hydroxylation sites is 1. The number of hydrogen-bond acceptors (Lipinski definition) is 7. The van der Waals surface area contributed by atoms with E-state index in [1.165, 1.54) is 0 Å². The maximum atomic E-state index is 15.7. The number of fused-ring (bicyclic) bond motifs is 1. The summed E-state index contributed by atoms with van der Waals surface area (Å²) in [5.74, 6) is -0.970. The van der Waals surface area contributed by atoms with Crippen LogP contribution in [0.15, 0.2) is 18.2 Å². The molecule has 1 N–H and O–H groups in total. The molecular weight excluding hydrogens is 503 g/mol. The monoisotopic (exact) mass is 542 g/mol. The average molecular weight is 543 g/mol. The molecule has 5 rings (SSSR count). The fraction of sp³-hybridized carbons (Fsp3) is 0.643. The number of halogens is 1. The molecule has 3 fully saturated rings. The number of anilines is 1. The minimum Gasteiger partial charge on any atom is -0.444 e. The van der Waals surface area contributed by atoms with Crippen molar-refractivity contribution in [3.05, 3.63) is 23.9 Å². The van der Waals surface area contributed by atoms with Crippen molar-refractivity contribution in [2.45, 2.75) is 63.6 Å². The molecule has 2 aromatic rings. The summed E-state index contributed by atoms with van der Waals surface area (Å²) < 4.78 is 23.0. The van der Waals surface area contributed by atoms with Crippen LogP contribution in [0.3, 0.4) is 0 Å². The molecule has 0 radical (unpaired) electrons. The number of piperazine rings is 1. The predicted octanol–water partition coefficient (Wildman–Crippen LogP) is 2.95. The molecular formula is C28H39FN6O4. The first-order chi connectivity index (χ1) is 18.4. The van der Waals surface area contributed by atoms with Crippen LogP contribution in [0.1, 0.15) is 58.1 Å². The van der Waals surface area contributed by atoms with E-state index in [-0.39, 0.29) is 17.9 Å². The number of ether oxygens (including phenoxy) is 1. The van der Waals surface area contributed by atoms with Crippen molar-refractivity contribution in [2.24, 2.45) is 7.05 Å². The topological polar surface area (TPSA) is 100 Å². The van der Waals surface area contributed by atoms with Crippen molar-refractivity contribution in [3.8, 4) is 0 Å². The maximum absolute atomic E-state index is 15.7. The van der Waals surface area contributed by atoms with Gasteiger partial charge in [0.2, 0.25) is 11.8 Å². The summed E-state index contributed by atoms with van der Waals surface area (Å²) in [5, 5.41) is 8.07. The standard InChI is InChI=1S/C28H39FN6O4/c1-27(2,3)39-26(38)35-12-10-28(29,11-13-35)18-33-14-16-34(17-15-33)21-7-5-6-19-23(31-32(4)24(19)21)20-8-9-22(36)30-25(20)37/h5-7,20H,8-18H2,1-4H3,(H,30,36,37). The van der Waals surface area contributed by atoms with Gasteiger partial charge in [0.25, 0.3) is 0 Å². The highest BCUT2D eigenvalue weighted by atomic mass is 19.1. The Kier molecular flexibility index (Phi) is 7.30. The van der Waals surface area contributed by atoms with E-state index in [1.807, 2.05) is 44.6 Å². The second kappa shape index (κ2) is 10.4. The maximum Gasteiger partial charge on any atom is 0.410 e. The highest BCUT2D eigenvalue weighted by molar-refractivity contribution is 6.03. The smallest absolute Gasteiger partial charge is 0.410 e. The number of benzene rings is 1. The van der Waals surface area contributed by atoms with E-state index in [0.29, 0.717) is 51.0 Å². The van der Waals surface area contributed by atoms with Crippen LogP contribution in [0.5, 0.6) is 0 Å². The molecule has 4 heterocycles. The Morgan fingerprint density at radius 1 is 1.13 bits per heavy atom. The van der Waals surface area contributed by atoms with E-state index in [4.69, 9.17) is 9.84 Å². The summed E-state index contributed by atoms with van der Waals surface area (Å²) in [6, 6.07) is 6.03. The zero-order valence-corrected chi connectivity index (χ0v) is 23.3. The molecule has 11 heteroatoms. The minimum atomic E-state index is -1.32. The van der Waals surface area contributed by atoms with Gasteiger partial charge in [-0.05, 0) is 33.3 Å². The van der Waals surface area contributed by atoms with E-state index in [2.05, 4.69) is 21.2 Å². The molecule has 10 nitrogen and oxygen atoms in total. The van der Waals surface area contributed by atoms with E-state index >= 15 is 4.39 Å². The number of hydrogen-bond donors (Lipinski definition) is 1. The molecule has 1 aromatic heterocycles. The van der Waals surface area contributed by atoms with Gasteiger partial charge in [-0.2, -0.15) is 5.10 Å². The molecule has 3 saturated heterocycles. The molecule has 0 saturated carbocycles. The summed E-state index contributed by atoms with van der Waals surface area (Å²) in [5.41, 5.74) is 0.825. The summed E-state index contributed by atoms with van der Waals surface area (Å²) in [4.78, 5) is 42.6. The number of carbonyl (C=O) groups is 3. The Morgan fingerprint density at radius 2 is 1.82 bits per heavy atom. The lowest BCUT2D eigenvalue weighted by molar-refractivity contribution is -0.134. The SMILES string of the molecule is Cn1nc(C2CCC(=O)NC2=O)c2cccc(N3CCN(CC4(F)CCN(C(=O)OC(C)(C)C)CC4)CC3)c21. The van der Waals surface area contributed by atoms with Gasteiger partial charge < -0.3 is 14.5 Å². The molecule has 212 valence electrons. The van der Waals surface area contributed by atoms with Crippen molar-refractivity contribution in [2.75, 3.05) is 50.7 Å². The van der Waals surface area contributed by atoms with Crippen LogP contribution in [0.4, 0.5) is 14.9 Å². The first kappa shape index (κ1) is 27.4. The number of likely N-dealkylation sites (tertiary alicyclic amines) is 1. The number of rotatable bonds is 4. The van der Waals surface area contributed by atoms with E-state index < -0.39 is 17.2 Å². The molecule has 0 bridgehead atoms. The third-order valence-electron chi connectivity index (χ3n) is 7.97. The molecule has 0 spiro atoms. The lowest BCUT2D eigenvalue weighted by Gasteiger charge is -2.42. The molecule has 0 aliphatic carbocycles. The lowest BCUT2D eigenvalue weighted by atomic mass is 9.92. The Balaban J connectivity index is 1.21. The van der Waals surface area contributed by atoms with Gasteiger partial charge in [0, 0.05) is 77.5 Å². The molecule has 3 aliphatic rings. The normalized spacial score (nSPS) is 22.7. The van der Waals surface area contributed by atoms with Crippen LogP contribution in [0.25, 0.3) is 10.9 Å². The van der Waals surface area contributed by atoms with Crippen LogP contribution < -0.4 is 10.2 Å². The summed E-state index contributed by atoms with van der Waals surface area (Å²) in [6.45, 7) is 9.55. The van der Waals surface area contributed by atoms with Crippen molar-refractivity contribution in [3.63, 3.8) is 0 Å². The number of carbonyl (C=O) groups excluding carboxylic acids is 3. The molecule has 39 heavy (non-hydrogen) atoms. The van der Waals surface area contributed by atoms with Gasteiger partial charge in [-0.3, -0.25) is 24.5 Å². The van der Waals surface area contributed by atoms with Crippen LogP contribution in [-0.2, 0) is 21.4 Å². The Hall–Kier alpha value is -3.21. The van der Waals surface area contributed by atoms with Gasteiger partial charge in [0.15, 0.2) is 0 Å². The van der Waals surface area contributed by atoms with Crippen molar-refractivity contribution in [1.82, 2.24) is 24.9 Å². The fourth-order valence-electron chi connectivity index (χ4n) is 5.93. The van der Waals surface area contributed by atoms with Crippen LogP contribution in [0, 0.1) is 0 Å². The van der Waals surface area contributed by atoms with Crippen molar-refractivity contribution >= 4 is 34.5 Å². The number of nitrogens with zero attached hydrogens (tertiary/aromatic N) is 5. The summed E-state index contributed by atoms with van der Waals surface area (Å²) >= 11 is 0. The highest BCUT2D eigenvalue weighted by Crippen LogP contribution is 2.35. The second-order valence-electron chi connectivity index (χ2n) is 12.1. The van der Waals surface area contributed by atoms with Gasteiger partial charge in [-0.15, -0.1) is 0 Å². The number of nitrogens with one attached hydrogen (secondary N) is 1. The van der Waals surface area contributed by atoms with E-state index in [0.717, 1.165) is 42.8 Å². The van der Waals surface area contributed by atoms with Crippen LogP contribution in [-0.4, -0.2) is 94.6 Å². The molecule has 3 aliphatic heterocycles. The number of amides is 3. The van der Waals surface area contributed by atoms with Crippen molar-refractivity contribution < 1.29 is 23.5 Å². The lowest BCUT2D eigenvalue weighted by Crippen LogP contribution is -2.54. The number of piperidine rings is 2. The third kappa shape index (κ3) is 5.88. The molecule has 3 amide bonds.